The molecular weight excluding hydrogens is 335 g/mol. The van der Waals surface area contributed by atoms with Gasteiger partial charge in [0.05, 0.1) is 12.7 Å². The molecule has 1 unspecified atom stereocenters. The van der Waals surface area contributed by atoms with Crippen molar-refractivity contribution in [1.29, 1.82) is 0 Å². The number of rotatable bonds is 4. The normalized spacial score (nSPS) is 14.6. The van der Waals surface area contributed by atoms with E-state index in [-0.39, 0.29) is 5.82 Å². The third-order valence-electron chi connectivity index (χ3n) is 3.78. The summed E-state index contributed by atoms with van der Waals surface area (Å²) in [6.07, 6.45) is 1.57. The maximum atomic E-state index is 13.3. The lowest BCUT2D eigenvalue weighted by Crippen LogP contribution is -2.01. The molecule has 1 aliphatic rings. The van der Waals surface area contributed by atoms with E-state index in [0.717, 1.165) is 29.7 Å². The van der Waals surface area contributed by atoms with E-state index in [9.17, 15) is 9.50 Å². The first-order valence-corrected chi connectivity index (χ1v) is 7.80. The Bertz CT molecular complexity index is 657. The van der Waals surface area contributed by atoms with Crippen molar-refractivity contribution in [2.45, 2.75) is 25.4 Å². The van der Waals surface area contributed by atoms with Gasteiger partial charge in [-0.15, -0.1) is 0 Å². The molecule has 2 aromatic rings. The summed E-state index contributed by atoms with van der Waals surface area (Å²) in [5.74, 6) is 0.633. The number of benzene rings is 2. The monoisotopic (exact) mass is 350 g/mol. The molecule has 0 amide bonds. The third kappa shape index (κ3) is 3.27. The Morgan fingerprint density at radius 1 is 1.24 bits per heavy atom. The van der Waals surface area contributed by atoms with Crippen molar-refractivity contribution >= 4 is 15.9 Å². The van der Waals surface area contributed by atoms with E-state index in [1.165, 1.54) is 23.3 Å². The number of aliphatic hydroxyl groups excluding tert-OH is 1. The summed E-state index contributed by atoms with van der Waals surface area (Å²) in [6, 6.07) is 10.5. The van der Waals surface area contributed by atoms with Crippen LogP contribution in [0.4, 0.5) is 4.39 Å². The summed E-state index contributed by atoms with van der Waals surface area (Å²) in [4.78, 5) is 0. The Balaban J connectivity index is 1.68. The fraction of sp³-hybridized carbons (Fsp3) is 0.294. The Hall–Kier alpha value is -1.39. The molecule has 0 radical (unpaired) electrons. The molecule has 2 aromatic carbocycles. The fourth-order valence-electron chi connectivity index (χ4n) is 2.62. The molecule has 110 valence electrons. The van der Waals surface area contributed by atoms with Crippen LogP contribution in [0.15, 0.2) is 40.9 Å². The van der Waals surface area contributed by atoms with Gasteiger partial charge in [-0.25, -0.2) is 4.39 Å². The minimum absolute atomic E-state index is 0.332. The summed E-state index contributed by atoms with van der Waals surface area (Å²) >= 11 is 3.35. The third-order valence-corrected chi connectivity index (χ3v) is 4.50. The zero-order chi connectivity index (χ0) is 14.8. The van der Waals surface area contributed by atoms with E-state index in [4.69, 9.17) is 4.74 Å². The lowest BCUT2D eigenvalue weighted by atomic mass is 9.99. The lowest BCUT2D eigenvalue weighted by molar-refractivity contribution is 0.166. The second-order valence-corrected chi connectivity index (χ2v) is 6.12. The predicted molar refractivity (Wildman–Crippen MR) is 83.0 cm³/mol. The number of hydrogen-bond donors (Lipinski definition) is 1. The predicted octanol–water partition coefficient (Wildman–Crippen LogP) is 4.19. The smallest absolute Gasteiger partial charge is 0.123 e. The number of hydrogen-bond acceptors (Lipinski definition) is 2. The van der Waals surface area contributed by atoms with Crippen LogP contribution in [0.1, 0.15) is 29.2 Å². The average Bonchev–Trinajstić information content (AvgIpc) is 2.94. The van der Waals surface area contributed by atoms with Crippen LogP contribution in [0.25, 0.3) is 0 Å². The molecule has 0 fully saturated rings. The van der Waals surface area contributed by atoms with Crippen molar-refractivity contribution < 1.29 is 14.2 Å². The van der Waals surface area contributed by atoms with Gasteiger partial charge in [0.15, 0.2) is 0 Å². The van der Waals surface area contributed by atoms with Gasteiger partial charge in [-0.1, -0.05) is 28.1 Å². The van der Waals surface area contributed by atoms with Gasteiger partial charge in [0.1, 0.15) is 11.6 Å². The fourth-order valence-corrected chi connectivity index (χ4v) is 3.14. The van der Waals surface area contributed by atoms with E-state index in [1.54, 1.807) is 6.07 Å². The van der Waals surface area contributed by atoms with Crippen LogP contribution < -0.4 is 4.74 Å². The van der Waals surface area contributed by atoms with Crippen molar-refractivity contribution in [3.05, 3.63) is 63.4 Å². The Kier molecular flexibility index (Phi) is 4.27. The number of aryl methyl sites for hydroxylation is 1. The molecule has 21 heavy (non-hydrogen) atoms. The van der Waals surface area contributed by atoms with Gasteiger partial charge in [-0.2, -0.15) is 0 Å². The molecule has 0 aliphatic carbocycles. The minimum Gasteiger partial charge on any atom is -0.493 e. The SMILES string of the molecule is OC(CCc1ccc2c(c1)CCO2)c1cc(F)ccc1Br. The van der Waals surface area contributed by atoms with Gasteiger partial charge >= 0.3 is 0 Å². The Morgan fingerprint density at radius 2 is 2.10 bits per heavy atom. The molecule has 0 saturated heterocycles. The largest absolute Gasteiger partial charge is 0.493 e. The van der Waals surface area contributed by atoms with Crippen LogP contribution in [0.3, 0.4) is 0 Å². The number of ether oxygens (including phenoxy) is 1. The summed E-state index contributed by atoms with van der Waals surface area (Å²) in [7, 11) is 0. The first-order chi connectivity index (χ1) is 10.1. The van der Waals surface area contributed by atoms with Gasteiger partial charge in [-0.05, 0) is 53.8 Å². The molecule has 0 bridgehead atoms. The van der Waals surface area contributed by atoms with Crippen molar-refractivity contribution in [3.63, 3.8) is 0 Å². The zero-order valence-electron chi connectivity index (χ0n) is 11.5. The highest BCUT2D eigenvalue weighted by Gasteiger charge is 2.15. The van der Waals surface area contributed by atoms with E-state index < -0.39 is 6.10 Å². The summed E-state index contributed by atoms with van der Waals surface area (Å²) in [5.41, 5.74) is 3.00. The van der Waals surface area contributed by atoms with E-state index in [0.29, 0.717) is 12.0 Å². The second-order valence-electron chi connectivity index (χ2n) is 5.26. The topological polar surface area (TPSA) is 29.5 Å². The first-order valence-electron chi connectivity index (χ1n) is 7.01. The van der Waals surface area contributed by atoms with Crippen molar-refractivity contribution in [2.24, 2.45) is 0 Å². The molecule has 1 heterocycles. The highest BCUT2D eigenvalue weighted by atomic mass is 79.9. The van der Waals surface area contributed by atoms with Gasteiger partial charge in [-0.3, -0.25) is 0 Å². The molecule has 1 N–H and O–H groups in total. The molecule has 3 rings (SSSR count). The van der Waals surface area contributed by atoms with Crippen molar-refractivity contribution in [2.75, 3.05) is 6.61 Å². The molecular formula is C17H16BrFO2. The number of fused-ring (bicyclic) bond motifs is 1. The maximum Gasteiger partial charge on any atom is 0.123 e. The van der Waals surface area contributed by atoms with E-state index in [2.05, 4.69) is 22.0 Å². The van der Waals surface area contributed by atoms with Crippen LogP contribution >= 0.6 is 15.9 Å². The number of halogens is 2. The molecule has 2 nitrogen and oxygen atoms in total. The van der Waals surface area contributed by atoms with Crippen molar-refractivity contribution in [3.8, 4) is 5.75 Å². The molecule has 0 aromatic heterocycles. The summed E-state index contributed by atoms with van der Waals surface area (Å²) < 4.78 is 19.5. The standard InChI is InChI=1S/C17H16BrFO2/c18-15-4-3-13(19)10-14(15)16(20)5-1-11-2-6-17-12(9-11)7-8-21-17/h2-4,6,9-10,16,20H,1,5,7-8H2. The van der Waals surface area contributed by atoms with Gasteiger partial charge in [0, 0.05) is 10.9 Å². The Morgan fingerprint density at radius 3 is 2.95 bits per heavy atom. The lowest BCUT2D eigenvalue weighted by Gasteiger charge is -2.13. The van der Waals surface area contributed by atoms with Crippen LogP contribution in [0, 0.1) is 5.82 Å². The summed E-state index contributed by atoms with van der Waals surface area (Å²) in [6.45, 7) is 0.748. The molecule has 0 spiro atoms. The van der Waals surface area contributed by atoms with E-state index in [1.807, 2.05) is 12.1 Å². The van der Waals surface area contributed by atoms with Gasteiger partial charge in [0.2, 0.25) is 0 Å². The van der Waals surface area contributed by atoms with Crippen LogP contribution in [-0.4, -0.2) is 11.7 Å². The molecule has 1 aliphatic heterocycles. The van der Waals surface area contributed by atoms with Crippen LogP contribution in [-0.2, 0) is 12.8 Å². The van der Waals surface area contributed by atoms with Gasteiger partial charge in [0.25, 0.3) is 0 Å². The Labute approximate surface area is 131 Å². The van der Waals surface area contributed by atoms with E-state index >= 15 is 0 Å². The van der Waals surface area contributed by atoms with Gasteiger partial charge < -0.3 is 9.84 Å². The molecule has 0 saturated carbocycles. The highest BCUT2D eigenvalue weighted by molar-refractivity contribution is 9.10. The summed E-state index contributed by atoms with van der Waals surface area (Å²) in [5, 5.41) is 10.3. The number of aliphatic hydroxyl groups is 1. The van der Waals surface area contributed by atoms with Crippen LogP contribution in [0.5, 0.6) is 5.75 Å². The quantitative estimate of drug-likeness (QED) is 0.895. The molecule has 4 heteroatoms. The average molecular weight is 351 g/mol. The molecule has 1 atom stereocenters. The van der Waals surface area contributed by atoms with Crippen LogP contribution in [0.2, 0.25) is 0 Å². The first kappa shape index (κ1) is 14.5. The minimum atomic E-state index is -0.681. The highest BCUT2D eigenvalue weighted by Crippen LogP contribution is 2.29. The maximum absolute atomic E-state index is 13.3. The second kappa shape index (κ2) is 6.16. The zero-order valence-corrected chi connectivity index (χ0v) is 13.1. The van der Waals surface area contributed by atoms with Crippen molar-refractivity contribution in [1.82, 2.24) is 0 Å².